The first-order chi connectivity index (χ1) is 13.7. The maximum absolute atomic E-state index is 13.1. The number of sulfonamides is 1. The summed E-state index contributed by atoms with van der Waals surface area (Å²) in [6.07, 6.45) is 0.650. The van der Waals surface area contributed by atoms with Crippen LogP contribution in [0.5, 0.6) is 0 Å². The highest BCUT2D eigenvalue weighted by molar-refractivity contribution is 8.45. The third-order valence-electron chi connectivity index (χ3n) is 3.60. The van der Waals surface area contributed by atoms with E-state index in [0.717, 1.165) is 0 Å². The van der Waals surface area contributed by atoms with Crippen LogP contribution in [0.1, 0.15) is 5.69 Å². The fourth-order valence-electron chi connectivity index (χ4n) is 2.39. The first kappa shape index (κ1) is 24.8. The van der Waals surface area contributed by atoms with Gasteiger partial charge in [-0.15, -0.1) is 0 Å². The molecule has 0 fully saturated rings. The fraction of sp³-hybridized carbons (Fsp3) is 0.154. The quantitative estimate of drug-likeness (QED) is 0.547. The maximum Gasteiger partial charge on any atom is 0.310 e. The number of nitrogens with zero attached hydrogens (tertiary/aromatic N) is 4. The summed E-state index contributed by atoms with van der Waals surface area (Å²) >= 11 is 11.5. The van der Waals surface area contributed by atoms with E-state index in [1.54, 1.807) is 0 Å². The van der Waals surface area contributed by atoms with Crippen molar-refractivity contribution in [1.82, 2.24) is 9.78 Å². The van der Waals surface area contributed by atoms with Gasteiger partial charge in [0.15, 0.2) is 11.5 Å². The summed E-state index contributed by atoms with van der Waals surface area (Å²) < 4.78 is 90.3. The number of aromatic nitrogens is 2. The Kier molecular flexibility index (Phi) is 5.40. The molecule has 9 nitrogen and oxygen atoms in total. The molecule has 2 rings (SSSR count). The van der Waals surface area contributed by atoms with Gasteiger partial charge in [0.25, 0.3) is 0 Å². The van der Waals surface area contributed by atoms with Crippen molar-refractivity contribution in [2.45, 2.75) is 4.90 Å². The molecule has 172 valence electrons. The average molecular weight is 529 g/mol. The molecule has 0 bridgehead atoms. The number of nitrogen functional groups attached to an aromatic ring is 1. The minimum atomic E-state index is -10.1. The van der Waals surface area contributed by atoms with Crippen LogP contribution in [0.3, 0.4) is 0 Å². The van der Waals surface area contributed by atoms with Gasteiger partial charge in [-0.1, -0.05) is 42.6 Å². The summed E-state index contributed by atoms with van der Waals surface area (Å²) in [5, 5.41) is 10.9. The zero-order chi connectivity index (χ0) is 24.2. The van der Waals surface area contributed by atoms with Crippen LogP contribution in [0.25, 0.3) is 5.69 Å². The Labute approximate surface area is 181 Å². The molecule has 4 N–H and O–H groups in total. The van der Waals surface area contributed by atoms with Gasteiger partial charge in [0, 0.05) is 0 Å². The summed E-state index contributed by atoms with van der Waals surface area (Å²) in [5.41, 5.74) is 8.82. The van der Waals surface area contributed by atoms with Gasteiger partial charge in [-0.3, -0.25) is 9.10 Å². The summed E-state index contributed by atoms with van der Waals surface area (Å²) in [7, 11) is -14.4. The Bertz CT molecular complexity index is 1240. The highest BCUT2D eigenvalue weighted by Crippen LogP contribution is 3.02. The number of primary amides is 1. The van der Waals surface area contributed by atoms with Gasteiger partial charge in [-0.05, 0) is 12.1 Å². The third kappa shape index (κ3) is 5.06. The van der Waals surface area contributed by atoms with Crippen LogP contribution >= 0.6 is 33.4 Å². The lowest BCUT2D eigenvalue weighted by molar-refractivity contribution is -0.116. The second-order valence-electron chi connectivity index (χ2n) is 6.05. The standard InChI is InChI=1S/C13H11Cl2F5N6O3S2/c1-30(28,29)25(5-10(22)27)12-9(4-21)24-26(13(12)23)11-7(14)2-6(3-8(11)15)31(16,17,18,19)20/h2-3H,5,23H2,1H3,(H2,22,27). The van der Waals surface area contributed by atoms with E-state index in [9.17, 15) is 37.9 Å². The predicted octanol–water partition coefficient (Wildman–Crippen LogP) is 3.54. The second-order valence-corrected chi connectivity index (χ2v) is 11.2. The molecule has 0 radical (unpaired) electrons. The molecule has 1 aromatic heterocycles. The molecule has 0 spiro atoms. The Morgan fingerprint density at radius 3 is 2.10 bits per heavy atom. The molecule has 0 aliphatic heterocycles. The van der Waals surface area contributed by atoms with Crippen LogP contribution in [-0.2, 0) is 14.8 Å². The number of carbonyl (C=O) groups is 1. The zero-order valence-corrected chi connectivity index (χ0v) is 18.1. The molecule has 1 aromatic carbocycles. The van der Waals surface area contributed by atoms with Crippen LogP contribution in [0.4, 0.5) is 30.9 Å². The minimum Gasteiger partial charge on any atom is -0.382 e. The average Bonchev–Trinajstić information content (AvgIpc) is 2.85. The van der Waals surface area contributed by atoms with Gasteiger partial charge in [-0.25, -0.2) is 13.1 Å². The summed E-state index contributed by atoms with van der Waals surface area (Å²) in [4.78, 5) is 8.87. The van der Waals surface area contributed by atoms with Crippen molar-refractivity contribution in [3.05, 3.63) is 27.9 Å². The number of hydrogen-bond donors (Lipinski definition) is 2. The molecule has 0 aliphatic rings. The first-order valence-corrected chi connectivity index (χ1v) is 12.0. The SMILES string of the molecule is CS(=O)(=O)N(CC(N)=O)c1c(C#N)nn(-c2c(Cl)cc(S(F)(F)(F)(F)F)cc2Cl)c1N. The molecule has 0 unspecified atom stereocenters. The zero-order valence-electron chi connectivity index (χ0n) is 15.0. The van der Waals surface area contributed by atoms with Crippen molar-refractivity contribution in [2.24, 2.45) is 5.73 Å². The van der Waals surface area contributed by atoms with Crippen molar-refractivity contribution < 1.29 is 32.6 Å². The number of rotatable bonds is 6. The number of carbonyl (C=O) groups excluding carboxylic acids is 1. The second kappa shape index (κ2) is 6.76. The van der Waals surface area contributed by atoms with E-state index in [2.05, 4.69) is 5.10 Å². The molecule has 1 heterocycles. The topological polar surface area (TPSA) is 148 Å². The van der Waals surface area contributed by atoms with Gasteiger partial charge >= 0.3 is 10.2 Å². The molecule has 0 saturated heterocycles. The van der Waals surface area contributed by atoms with E-state index in [-0.39, 0.29) is 12.1 Å². The predicted molar refractivity (Wildman–Crippen MR) is 105 cm³/mol. The van der Waals surface area contributed by atoms with Crippen molar-refractivity contribution in [3.8, 4) is 11.8 Å². The number of nitriles is 1. The lowest BCUT2D eigenvalue weighted by Crippen LogP contribution is -2.38. The lowest BCUT2D eigenvalue weighted by Gasteiger charge is -2.40. The highest BCUT2D eigenvalue weighted by Gasteiger charge is 2.65. The molecule has 31 heavy (non-hydrogen) atoms. The van der Waals surface area contributed by atoms with Crippen LogP contribution in [0, 0.1) is 11.3 Å². The Morgan fingerprint density at radius 1 is 1.26 bits per heavy atom. The van der Waals surface area contributed by atoms with Gasteiger partial charge in [0.1, 0.15) is 28.9 Å². The molecule has 2 aromatic rings. The Hall–Kier alpha value is -2.48. The van der Waals surface area contributed by atoms with Crippen molar-refractivity contribution >= 4 is 60.9 Å². The van der Waals surface area contributed by atoms with Gasteiger partial charge in [0.05, 0.1) is 16.3 Å². The first-order valence-electron chi connectivity index (χ1n) is 7.45. The van der Waals surface area contributed by atoms with Gasteiger partial charge < -0.3 is 11.5 Å². The Balaban J connectivity index is 2.85. The normalized spacial score (nSPS) is 14.4. The van der Waals surface area contributed by atoms with Crippen LogP contribution in [0.15, 0.2) is 17.0 Å². The maximum atomic E-state index is 13.1. The number of amides is 1. The highest BCUT2D eigenvalue weighted by atomic mass is 35.5. The third-order valence-corrected chi connectivity index (χ3v) is 6.41. The van der Waals surface area contributed by atoms with Crippen LogP contribution in [-0.4, -0.2) is 36.9 Å². The van der Waals surface area contributed by atoms with Crippen molar-refractivity contribution in [1.29, 1.82) is 5.26 Å². The van der Waals surface area contributed by atoms with E-state index < -0.39 is 70.5 Å². The molecule has 0 aliphatic carbocycles. The minimum absolute atomic E-state index is 0.116. The molecular formula is C13H11Cl2F5N6O3S2. The number of halogens is 7. The fourth-order valence-corrected chi connectivity index (χ4v) is 4.72. The molecular weight excluding hydrogens is 518 g/mol. The number of nitrogens with two attached hydrogens (primary N) is 2. The number of anilines is 2. The Morgan fingerprint density at radius 2 is 1.74 bits per heavy atom. The molecule has 1 amide bonds. The lowest BCUT2D eigenvalue weighted by atomic mass is 10.3. The van der Waals surface area contributed by atoms with Gasteiger partial charge in [0.2, 0.25) is 15.9 Å². The van der Waals surface area contributed by atoms with Crippen molar-refractivity contribution in [3.63, 3.8) is 0 Å². The van der Waals surface area contributed by atoms with E-state index in [4.69, 9.17) is 34.7 Å². The van der Waals surface area contributed by atoms with Crippen LogP contribution in [0.2, 0.25) is 10.0 Å². The molecule has 18 heteroatoms. The smallest absolute Gasteiger partial charge is 0.310 e. The van der Waals surface area contributed by atoms with E-state index in [1.807, 2.05) is 0 Å². The summed E-state index contributed by atoms with van der Waals surface area (Å²) in [6.45, 7) is -0.964. The largest absolute Gasteiger partial charge is 0.382 e. The number of hydrogen-bond acceptors (Lipinski definition) is 6. The van der Waals surface area contributed by atoms with E-state index in [0.29, 0.717) is 15.2 Å². The van der Waals surface area contributed by atoms with E-state index >= 15 is 0 Å². The van der Waals surface area contributed by atoms with Gasteiger partial charge in [-0.2, -0.15) is 10.4 Å². The summed E-state index contributed by atoms with van der Waals surface area (Å²) in [6, 6.07) is 1.26. The van der Waals surface area contributed by atoms with Crippen LogP contribution < -0.4 is 15.8 Å². The summed E-state index contributed by atoms with van der Waals surface area (Å²) in [5.74, 6) is -1.84. The number of benzene rings is 1. The monoisotopic (exact) mass is 528 g/mol. The van der Waals surface area contributed by atoms with E-state index in [1.165, 1.54) is 6.07 Å². The van der Waals surface area contributed by atoms with Crippen molar-refractivity contribution in [2.75, 3.05) is 22.8 Å². The molecule has 0 atom stereocenters. The molecule has 0 saturated carbocycles.